The standard InChI is InChI=1S/C15H24N2O/c1-3-17-15(7-6-13-5-4-10-18-13)14-8-9-16-11-12(14)2/h8-9,11,13,15,17H,3-7,10H2,1-2H3. The second-order valence-corrected chi connectivity index (χ2v) is 5.05. The maximum absolute atomic E-state index is 5.71. The zero-order chi connectivity index (χ0) is 12.8. The molecule has 18 heavy (non-hydrogen) atoms. The van der Waals surface area contributed by atoms with Crippen LogP contribution in [0.3, 0.4) is 0 Å². The second kappa shape index (κ2) is 6.86. The Morgan fingerprint density at radius 1 is 1.56 bits per heavy atom. The molecule has 3 heteroatoms. The Kier molecular flexibility index (Phi) is 5.14. The highest BCUT2D eigenvalue weighted by Crippen LogP contribution is 2.25. The highest BCUT2D eigenvalue weighted by atomic mass is 16.5. The molecule has 1 aromatic heterocycles. The lowest BCUT2D eigenvalue weighted by Gasteiger charge is -2.21. The van der Waals surface area contributed by atoms with E-state index >= 15 is 0 Å². The van der Waals surface area contributed by atoms with E-state index < -0.39 is 0 Å². The Bertz CT molecular complexity index is 361. The lowest BCUT2D eigenvalue weighted by Crippen LogP contribution is -2.23. The van der Waals surface area contributed by atoms with Gasteiger partial charge in [0.15, 0.2) is 0 Å². The van der Waals surface area contributed by atoms with E-state index in [0.29, 0.717) is 12.1 Å². The van der Waals surface area contributed by atoms with Crippen LogP contribution in [0.5, 0.6) is 0 Å². The number of nitrogens with one attached hydrogen (secondary N) is 1. The van der Waals surface area contributed by atoms with Gasteiger partial charge in [-0.15, -0.1) is 0 Å². The topological polar surface area (TPSA) is 34.1 Å². The van der Waals surface area contributed by atoms with Crippen LogP contribution in [0.4, 0.5) is 0 Å². The van der Waals surface area contributed by atoms with Gasteiger partial charge in [-0.25, -0.2) is 0 Å². The Balaban J connectivity index is 1.96. The van der Waals surface area contributed by atoms with E-state index in [2.05, 4.69) is 30.2 Å². The number of ether oxygens (including phenoxy) is 1. The van der Waals surface area contributed by atoms with Crippen molar-refractivity contribution >= 4 is 0 Å². The monoisotopic (exact) mass is 248 g/mol. The van der Waals surface area contributed by atoms with Crippen LogP contribution in [-0.4, -0.2) is 24.2 Å². The fourth-order valence-corrected chi connectivity index (χ4v) is 2.71. The van der Waals surface area contributed by atoms with Gasteiger partial charge in [-0.2, -0.15) is 0 Å². The summed E-state index contributed by atoms with van der Waals surface area (Å²) in [5, 5.41) is 3.58. The summed E-state index contributed by atoms with van der Waals surface area (Å²) in [6, 6.07) is 2.57. The molecule has 0 amide bonds. The normalized spacial score (nSPS) is 21.1. The Labute approximate surface area is 110 Å². The molecule has 3 nitrogen and oxygen atoms in total. The highest BCUT2D eigenvalue weighted by molar-refractivity contribution is 5.25. The summed E-state index contributed by atoms with van der Waals surface area (Å²) in [6.07, 6.45) is 9.07. The Morgan fingerprint density at radius 2 is 2.44 bits per heavy atom. The van der Waals surface area contributed by atoms with Crippen LogP contribution < -0.4 is 5.32 Å². The second-order valence-electron chi connectivity index (χ2n) is 5.05. The van der Waals surface area contributed by atoms with Gasteiger partial charge in [0.1, 0.15) is 0 Å². The van der Waals surface area contributed by atoms with Gasteiger partial charge in [-0.1, -0.05) is 6.92 Å². The minimum atomic E-state index is 0.433. The average molecular weight is 248 g/mol. The maximum atomic E-state index is 5.71. The fraction of sp³-hybridized carbons (Fsp3) is 0.667. The summed E-state index contributed by atoms with van der Waals surface area (Å²) in [5.41, 5.74) is 2.65. The summed E-state index contributed by atoms with van der Waals surface area (Å²) in [5.74, 6) is 0. The molecule has 0 bridgehead atoms. The predicted molar refractivity (Wildman–Crippen MR) is 73.6 cm³/mol. The number of pyridine rings is 1. The molecule has 2 rings (SSSR count). The van der Waals surface area contributed by atoms with Crippen LogP contribution in [0, 0.1) is 6.92 Å². The molecule has 0 aromatic carbocycles. The van der Waals surface area contributed by atoms with Crippen LogP contribution in [0.1, 0.15) is 49.8 Å². The van der Waals surface area contributed by atoms with Crippen molar-refractivity contribution < 1.29 is 4.74 Å². The van der Waals surface area contributed by atoms with Crippen LogP contribution >= 0.6 is 0 Å². The number of hydrogen-bond acceptors (Lipinski definition) is 3. The third-order valence-corrected chi connectivity index (χ3v) is 3.69. The molecule has 2 unspecified atom stereocenters. The van der Waals surface area contributed by atoms with Crippen molar-refractivity contribution in [2.24, 2.45) is 0 Å². The van der Waals surface area contributed by atoms with E-state index in [4.69, 9.17) is 4.74 Å². The Morgan fingerprint density at radius 3 is 3.11 bits per heavy atom. The van der Waals surface area contributed by atoms with Crippen LogP contribution in [-0.2, 0) is 4.74 Å². The molecule has 1 saturated heterocycles. The number of hydrogen-bond donors (Lipinski definition) is 1. The third kappa shape index (κ3) is 3.53. The van der Waals surface area contributed by atoms with Gasteiger partial charge >= 0.3 is 0 Å². The molecule has 1 aromatic rings. The van der Waals surface area contributed by atoms with E-state index in [1.54, 1.807) is 0 Å². The van der Waals surface area contributed by atoms with Crippen LogP contribution in [0.2, 0.25) is 0 Å². The Hall–Kier alpha value is -0.930. The average Bonchev–Trinajstić information content (AvgIpc) is 2.88. The lowest BCUT2D eigenvalue weighted by atomic mass is 9.97. The molecule has 0 aliphatic carbocycles. The minimum Gasteiger partial charge on any atom is -0.378 e. The van der Waals surface area contributed by atoms with Gasteiger partial charge in [0.25, 0.3) is 0 Å². The summed E-state index contributed by atoms with van der Waals surface area (Å²) < 4.78 is 5.71. The fourth-order valence-electron chi connectivity index (χ4n) is 2.71. The van der Waals surface area contributed by atoms with Gasteiger partial charge in [0.05, 0.1) is 6.10 Å². The molecule has 2 atom stereocenters. The molecular weight excluding hydrogens is 224 g/mol. The molecule has 0 saturated carbocycles. The van der Waals surface area contributed by atoms with E-state index in [1.807, 2.05) is 12.4 Å². The predicted octanol–water partition coefficient (Wildman–Crippen LogP) is 3.00. The van der Waals surface area contributed by atoms with Crippen molar-refractivity contribution in [2.45, 2.75) is 51.7 Å². The van der Waals surface area contributed by atoms with E-state index in [9.17, 15) is 0 Å². The first-order valence-corrected chi connectivity index (χ1v) is 7.06. The summed E-state index contributed by atoms with van der Waals surface area (Å²) >= 11 is 0. The molecule has 1 fully saturated rings. The zero-order valence-corrected chi connectivity index (χ0v) is 11.5. The van der Waals surface area contributed by atoms with E-state index in [1.165, 1.54) is 24.0 Å². The highest BCUT2D eigenvalue weighted by Gasteiger charge is 2.19. The van der Waals surface area contributed by atoms with E-state index in [0.717, 1.165) is 26.0 Å². The number of aryl methyl sites for hydroxylation is 1. The van der Waals surface area contributed by atoms with Gasteiger partial charge in [-0.05, 0) is 56.3 Å². The molecular formula is C15H24N2O. The molecule has 0 spiro atoms. The molecule has 1 aliphatic rings. The number of nitrogens with zero attached hydrogens (tertiary/aromatic N) is 1. The van der Waals surface area contributed by atoms with Crippen molar-refractivity contribution in [3.8, 4) is 0 Å². The summed E-state index contributed by atoms with van der Waals surface area (Å²) in [6.45, 7) is 6.25. The van der Waals surface area contributed by atoms with E-state index in [-0.39, 0.29) is 0 Å². The summed E-state index contributed by atoms with van der Waals surface area (Å²) in [4.78, 5) is 4.17. The minimum absolute atomic E-state index is 0.433. The van der Waals surface area contributed by atoms with Gasteiger partial charge < -0.3 is 10.1 Å². The zero-order valence-electron chi connectivity index (χ0n) is 11.5. The lowest BCUT2D eigenvalue weighted by molar-refractivity contribution is 0.0996. The number of aromatic nitrogens is 1. The first kappa shape index (κ1) is 13.5. The van der Waals surface area contributed by atoms with Crippen LogP contribution in [0.15, 0.2) is 18.5 Å². The van der Waals surface area contributed by atoms with Crippen molar-refractivity contribution in [3.63, 3.8) is 0 Å². The van der Waals surface area contributed by atoms with Crippen LogP contribution in [0.25, 0.3) is 0 Å². The summed E-state index contributed by atoms with van der Waals surface area (Å²) in [7, 11) is 0. The molecule has 1 aliphatic heterocycles. The first-order valence-electron chi connectivity index (χ1n) is 7.06. The SMILES string of the molecule is CCNC(CCC1CCCO1)c1ccncc1C. The maximum Gasteiger partial charge on any atom is 0.0576 e. The van der Waals surface area contributed by atoms with Gasteiger partial charge in [0.2, 0.25) is 0 Å². The van der Waals surface area contributed by atoms with Crippen molar-refractivity contribution in [1.29, 1.82) is 0 Å². The largest absolute Gasteiger partial charge is 0.378 e. The third-order valence-electron chi connectivity index (χ3n) is 3.69. The smallest absolute Gasteiger partial charge is 0.0576 e. The molecule has 1 N–H and O–H groups in total. The molecule has 2 heterocycles. The van der Waals surface area contributed by atoms with Gasteiger partial charge in [0, 0.05) is 25.0 Å². The van der Waals surface area contributed by atoms with Crippen molar-refractivity contribution in [2.75, 3.05) is 13.2 Å². The van der Waals surface area contributed by atoms with Gasteiger partial charge in [-0.3, -0.25) is 4.98 Å². The quantitative estimate of drug-likeness (QED) is 0.840. The van der Waals surface area contributed by atoms with Crippen molar-refractivity contribution in [3.05, 3.63) is 29.6 Å². The molecule has 0 radical (unpaired) electrons. The first-order chi connectivity index (χ1) is 8.81. The number of rotatable bonds is 6. The van der Waals surface area contributed by atoms with Crippen molar-refractivity contribution in [1.82, 2.24) is 10.3 Å². The molecule has 100 valence electrons.